The molecule has 0 saturated heterocycles. The van der Waals surface area contributed by atoms with Gasteiger partial charge in [-0.1, -0.05) is 51.1 Å². The van der Waals surface area contributed by atoms with E-state index in [-0.39, 0.29) is 0 Å². The van der Waals surface area contributed by atoms with Gasteiger partial charge >= 0.3 is 0 Å². The first-order valence-electron chi connectivity index (χ1n) is 6.93. The van der Waals surface area contributed by atoms with Crippen molar-refractivity contribution in [3.8, 4) is 0 Å². The van der Waals surface area contributed by atoms with Crippen LogP contribution in [0, 0.1) is 5.92 Å². The second-order valence-electron chi connectivity index (χ2n) is 5.39. The largest absolute Gasteiger partial charge is 0.314 e. The van der Waals surface area contributed by atoms with Crippen LogP contribution < -0.4 is 5.32 Å². The van der Waals surface area contributed by atoms with Gasteiger partial charge in [-0.2, -0.15) is 0 Å². The van der Waals surface area contributed by atoms with Crippen molar-refractivity contribution in [1.29, 1.82) is 0 Å². The molecule has 0 heterocycles. The molecule has 0 aromatic heterocycles. The van der Waals surface area contributed by atoms with Crippen molar-refractivity contribution in [1.82, 2.24) is 5.32 Å². The van der Waals surface area contributed by atoms with E-state index in [1.54, 1.807) is 0 Å². The fraction of sp³-hybridized carbons (Fsp3) is 0.625. The lowest BCUT2D eigenvalue weighted by atomic mass is 9.85. The first kappa shape index (κ1) is 14.2. The number of benzene rings is 1. The molecule has 1 rings (SSSR count). The predicted molar refractivity (Wildman–Crippen MR) is 76.4 cm³/mol. The average molecular weight is 233 g/mol. The van der Waals surface area contributed by atoms with Crippen molar-refractivity contribution in [2.24, 2.45) is 5.92 Å². The minimum absolute atomic E-state index is 0.555. The van der Waals surface area contributed by atoms with E-state index >= 15 is 0 Å². The summed E-state index contributed by atoms with van der Waals surface area (Å²) in [5.41, 5.74) is 1.47. The van der Waals surface area contributed by atoms with Crippen molar-refractivity contribution in [3.63, 3.8) is 0 Å². The maximum atomic E-state index is 3.64. The maximum Gasteiger partial charge on any atom is 0.0108 e. The molecule has 0 aliphatic carbocycles. The maximum absolute atomic E-state index is 3.64. The lowest BCUT2D eigenvalue weighted by molar-refractivity contribution is 0.395. The summed E-state index contributed by atoms with van der Waals surface area (Å²) in [5.74, 6) is 1.37. The van der Waals surface area contributed by atoms with E-state index in [9.17, 15) is 0 Å². The van der Waals surface area contributed by atoms with Crippen LogP contribution in [0.3, 0.4) is 0 Å². The molecule has 17 heavy (non-hydrogen) atoms. The molecule has 0 spiro atoms. The van der Waals surface area contributed by atoms with E-state index < -0.39 is 0 Å². The number of rotatable bonds is 7. The Balaban J connectivity index is 2.73. The molecule has 1 aromatic rings. The van der Waals surface area contributed by atoms with Gasteiger partial charge in [0.15, 0.2) is 0 Å². The van der Waals surface area contributed by atoms with Crippen LogP contribution in [0.15, 0.2) is 30.3 Å². The Hall–Kier alpha value is -0.820. The van der Waals surface area contributed by atoms with E-state index in [2.05, 4.69) is 63.3 Å². The first-order valence-corrected chi connectivity index (χ1v) is 6.93. The third kappa shape index (κ3) is 4.91. The molecule has 0 amide bonds. The molecule has 0 fully saturated rings. The minimum atomic E-state index is 0.555. The van der Waals surface area contributed by atoms with Crippen LogP contribution in [0.4, 0.5) is 0 Å². The van der Waals surface area contributed by atoms with Gasteiger partial charge in [-0.05, 0) is 43.7 Å². The quantitative estimate of drug-likeness (QED) is 0.744. The first-order chi connectivity index (χ1) is 8.15. The zero-order valence-electron chi connectivity index (χ0n) is 11.7. The molecule has 0 bridgehead atoms. The summed E-state index contributed by atoms with van der Waals surface area (Å²) < 4.78 is 0. The van der Waals surface area contributed by atoms with Crippen LogP contribution in [0.5, 0.6) is 0 Å². The molecule has 1 heteroatoms. The second-order valence-corrected chi connectivity index (χ2v) is 5.39. The van der Waals surface area contributed by atoms with Gasteiger partial charge in [0, 0.05) is 6.04 Å². The van der Waals surface area contributed by atoms with Gasteiger partial charge in [0.25, 0.3) is 0 Å². The molecule has 2 atom stereocenters. The summed E-state index contributed by atoms with van der Waals surface area (Å²) in [6.45, 7) is 10.3. The van der Waals surface area contributed by atoms with E-state index in [1.807, 2.05) is 0 Å². The average Bonchev–Trinajstić information content (AvgIpc) is 2.34. The van der Waals surface area contributed by atoms with Crippen molar-refractivity contribution >= 4 is 0 Å². The zero-order chi connectivity index (χ0) is 12.7. The monoisotopic (exact) mass is 233 g/mol. The fourth-order valence-electron chi connectivity index (χ4n) is 2.35. The molecular formula is C16H27N. The Bertz CT molecular complexity index is 292. The predicted octanol–water partition coefficient (Wildman–Crippen LogP) is 4.20. The molecular weight excluding hydrogens is 206 g/mol. The van der Waals surface area contributed by atoms with E-state index in [0.29, 0.717) is 12.0 Å². The van der Waals surface area contributed by atoms with Crippen molar-refractivity contribution in [2.75, 3.05) is 6.54 Å². The third-order valence-electron chi connectivity index (χ3n) is 3.27. The summed E-state index contributed by atoms with van der Waals surface area (Å²) in [5, 5.41) is 3.64. The van der Waals surface area contributed by atoms with Crippen LogP contribution in [0.1, 0.15) is 52.0 Å². The second kappa shape index (κ2) is 7.50. The lowest BCUT2D eigenvalue weighted by Crippen LogP contribution is -2.33. The molecule has 0 aliphatic rings. The van der Waals surface area contributed by atoms with Gasteiger partial charge in [-0.25, -0.2) is 0 Å². The van der Waals surface area contributed by atoms with Crippen LogP contribution in [-0.2, 0) is 0 Å². The van der Waals surface area contributed by atoms with Crippen LogP contribution >= 0.6 is 0 Å². The van der Waals surface area contributed by atoms with Crippen LogP contribution in [0.2, 0.25) is 0 Å². The number of hydrogen-bond donors (Lipinski definition) is 1. The van der Waals surface area contributed by atoms with E-state index in [0.717, 1.165) is 12.5 Å². The summed E-state index contributed by atoms with van der Waals surface area (Å²) in [6.07, 6.45) is 2.45. The smallest absolute Gasteiger partial charge is 0.0108 e. The summed E-state index contributed by atoms with van der Waals surface area (Å²) in [4.78, 5) is 0. The van der Waals surface area contributed by atoms with Gasteiger partial charge in [0.05, 0.1) is 0 Å². The summed E-state index contributed by atoms with van der Waals surface area (Å²) >= 11 is 0. The topological polar surface area (TPSA) is 12.0 Å². The summed E-state index contributed by atoms with van der Waals surface area (Å²) in [7, 11) is 0. The molecule has 96 valence electrons. The molecule has 2 unspecified atom stereocenters. The highest BCUT2D eigenvalue weighted by Crippen LogP contribution is 2.27. The lowest BCUT2D eigenvalue weighted by Gasteiger charge is -2.27. The number of hydrogen-bond acceptors (Lipinski definition) is 1. The highest BCUT2D eigenvalue weighted by Gasteiger charge is 2.19. The molecule has 0 saturated carbocycles. The van der Waals surface area contributed by atoms with E-state index in [4.69, 9.17) is 0 Å². The molecule has 1 aromatic carbocycles. The Morgan fingerprint density at radius 3 is 2.24 bits per heavy atom. The van der Waals surface area contributed by atoms with Gasteiger partial charge in [-0.3, -0.25) is 0 Å². The Morgan fingerprint density at radius 2 is 1.71 bits per heavy atom. The highest BCUT2D eigenvalue weighted by molar-refractivity contribution is 5.21. The normalized spacial score (nSPS) is 14.9. The van der Waals surface area contributed by atoms with Crippen molar-refractivity contribution < 1.29 is 0 Å². The minimum Gasteiger partial charge on any atom is -0.314 e. The number of nitrogens with one attached hydrogen (secondary N) is 1. The molecule has 1 N–H and O–H groups in total. The Kier molecular flexibility index (Phi) is 6.28. The molecule has 1 nitrogen and oxygen atoms in total. The van der Waals surface area contributed by atoms with Crippen molar-refractivity contribution in [2.45, 2.75) is 52.5 Å². The van der Waals surface area contributed by atoms with Crippen molar-refractivity contribution in [3.05, 3.63) is 35.9 Å². The SMILES string of the molecule is CCCNC(C)C(CC(C)C)c1ccccc1. The molecule has 0 aliphatic heterocycles. The highest BCUT2D eigenvalue weighted by atomic mass is 14.9. The zero-order valence-corrected chi connectivity index (χ0v) is 11.7. The van der Waals surface area contributed by atoms with Gasteiger partial charge < -0.3 is 5.32 Å². The van der Waals surface area contributed by atoms with Gasteiger partial charge in [0.1, 0.15) is 0 Å². The van der Waals surface area contributed by atoms with Crippen LogP contribution in [-0.4, -0.2) is 12.6 Å². The Morgan fingerprint density at radius 1 is 1.06 bits per heavy atom. The van der Waals surface area contributed by atoms with E-state index in [1.165, 1.54) is 18.4 Å². The standard InChI is InChI=1S/C16H27N/c1-5-11-17-14(4)16(12-13(2)3)15-9-7-6-8-10-15/h6-10,13-14,16-17H,5,11-12H2,1-4H3. The van der Waals surface area contributed by atoms with Gasteiger partial charge in [0.2, 0.25) is 0 Å². The molecule has 0 radical (unpaired) electrons. The fourth-order valence-corrected chi connectivity index (χ4v) is 2.35. The Labute approximate surface area is 107 Å². The van der Waals surface area contributed by atoms with Gasteiger partial charge in [-0.15, -0.1) is 0 Å². The van der Waals surface area contributed by atoms with Crippen LogP contribution in [0.25, 0.3) is 0 Å². The third-order valence-corrected chi connectivity index (χ3v) is 3.27. The summed E-state index contributed by atoms with van der Waals surface area (Å²) in [6, 6.07) is 11.5.